The van der Waals surface area contributed by atoms with E-state index in [1.165, 1.54) is 37.3 Å². The highest BCUT2D eigenvalue weighted by molar-refractivity contribution is 5.86. The predicted octanol–water partition coefficient (Wildman–Crippen LogP) is 4.04. The number of hydrogen-bond donors (Lipinski definition) is 2. The number of fused-ring (bicyclic) bond motifs is 1. The Bertz CT molecular complexity index is 1000. The van der Waals surface area contributed by atoms with Crippen LogP contribution in [0.1, 0.15) is 31.1 Å². The Hall–Kier alpha value is -2.96. The molecule has 0 fully saturated rings. The molecule has 3 rings (SSSR count). The highest BCUT2D eigenvalue weighted by Gasteiger charge is 2.38. The number of carboxylic acid groups (broad SMARTS) is 1. The molecule has 7 heteroatoms. The number of allylic oxidation sites excluding steroid dienone is 3. The molecule has 26 heavy (non-hydrogen) atoms. The lowest BCUT2D eigenvalue weighted by Crippen LogP contribution is -2.22. The first-order valence-corrected chi connectivity index (χ1v) is 8.04. The average Bonchev–Trinajstić information content (AvgIpc) is 2.61. The zero-order chi connectivity index (χ0) is 19.1. The van der Waals surface area contributed by atoms with Gasteiger partial charge in [0.1, 0.15) is 11.3 Å². The first kappa shape index (κ1) is 17.8. The topological polar surface area (TPSA) is 87.7 Å². The second-order valence-electron chi connectivity index (χ2n) is 6.07. The van der Waals surface area contributed by atoms with Crippen molar-refractivity contribution in [2.45, 2.75) is 25.7 Å². The summed E-state index contributed by atoms with van der Waals surface area (Å²) in [5.74, 6) is -6.19. The third kappa shape index (κ3) is 3.00. The molecule has 2 aromatic rings. The predicted molar refractivity (Wildman–Crippen MR) is 91.2 cm³/mol. The lowest BCUT2D eigenvalue weighted by atomic mass is 9.90. The van der Waals surface area contributed by atoms with Crippen LogP contribution in [-0.2, 0) is 10.7 Å². The number of phenols is 1. The normalized spacial score (nSPS) is 17.3. The molecule has 0 bridgehead atoms. The fraction of sp³-hybridized carbons (Fsp3) is 0.263. The summed E-state index contributed by atoms with van der Waals surface area (Å²) >= 11 is 0. The van der Waals surface area contributed by atoms with Gasteiger partial charge in [-0.05, 0) is 24.1 Å². The van der Waals surface area contributed by atoms with Gasteiger partial charge in [-0.2, -0.15) is 8.78 Å². The van der Waals surface area contributed by atoms with E-state index in [9.17, 15) is 23.5 Å². The van der Waals surface area contributed by atoms with Crippen LogP contribution in [0.5, 0.6) is 5.75 Å². The summed E-state index contributed by atoms with van der Waals surface area (Å²) in [5, 5.41) is 18.6. The summed E-state index contributed by atoms with van der Waals surface area (Å²) in [6.45, 7) is 1.27. The van der Waals surface area contributed by atoms with Gasteiger partial charge in [0.05, 0.1) is 16.9 Å². The minimum Gasteiger partial charge on any atom is -0.508 e. The zero-order valence-electron chi connectivity index (χ0n) is 13.8. The van der Waals surface area contributed by atoms with Crippen molar-refractivity contribution in [3.05, 3.63) is 58.0 Å². The SMILES string of the molecule is CCC(F)(F)c1oc2cc(O)ccc2c(=O)c1C1=CCC(C(=O)O)C=C1. The standard InChI is InChI=1S/C19H16F2O5/c1-2-19(20,21)17-15(10-3-5-11(6-4-10)18(24)25)16(23)13-8-7-12(22)9-14(13)26-17/h3-5,7-9,11,22H,2,6H2,1H3,(H,24,25). The van der Waals surface area contributed by atoms with E-state index >= 15 is 0 Å². The van der Waals surface area contributed by atoms with Crippen molar-refractivity contribution in [2.24, 2.45) is 5.92 Å². The lowest BCUT2D eigenvalue weighted by Gasteiger charge is -2.20. The van der Waals surface area contributed by atoms with Gasteiger partial charge >= 0.3 is 11.9 Å². The third-order valence-electron chi connectivity index (χ3n) is 4.36. The molecular formula is C19H16F2O5. The molecule has 0 aliphatic heterocycles. The minimum atomic E-state index is -3.40. The molecule has 1 heterocycles. The number of alkyl halides is 2. The van der Waals surface area contributed by atoms with E-state index in [0.717, 1.165) is 6.07 Å². The maximum atomic E-state index is 14.5. The molecule has 0 spiro atoms. The molecule has 1 aromatic heterocycles. The van der Waals surface area contributed by atoms with Crippen molar-refractivity contribution in [3.8, 4) is 5.75 Å². The van der Waals surface area contributed by atoms with Gasteiger partial charge in [-0.15, -0.1) is 0 Å². The van der Waals surface area contributed by atoms with Gasteiger partial charge in [-0.1, -0.05) is 25.2 Å². The molecule has 1 aromatic carbocycles. The number of aliphatic carboxylic acids is 1. The van der Waals surface area contributed by atoms with Crippen LogP contribution in [-0.4, -0.2) is 16.2 Å². The van der Waals surface area contributed by atoms with E-state index in [1.54, 1.807) is 0 Å². The van der Waals surface area contributed by atoms with E-state index in [0.29, 0.717) is 0 Å². The smallest absolute Gasteiger partial charge is 0.310 e. The van der Waals surface area contributed by atoms with Gasteiger partial charge in [0.25, 0.3) is 0 Å². The lowest BCUT2D eigenvalue weighted by molar-refractivity contribution is -0.139. The molecule has 1 unspecified atom stereocenters. The van der Waals surface area contributed by atoms with Gasteiger partial charge < -0.3 is 14.6 Å². The fourth-order valence-electron chi connectivity index (χ4n) is 2.85. The first-order valence-electron chi connectivity index (χ1n) is 8.04. The molecule has 1 aliphatic carbocycles. The molecule has 0 saturated carbocycles. The molecule has 1 atom stereocenters. The van der Waals surface area contributed by atoms with Gasteiger partial charge in [0, 0.05) is 12.5 Å². The van der Waals surface area contributed by atoms with E-state index in [-0.39, 0.29) is 34.3 Å². The maximum absolute atomic E-state index is 14.5. The monoisotopic (exact) mass is 362 g/mol. The summed E-state index contributed by atoms with van der Waals surface area (Å²) in [6.07, 6.45) is 3.68. The number of rotatable bonds is 4. The number of halogens is 2. The van der Waals surface area contributed by atoms with Crippen LogP contribution in [0.2, 0.25) is 0 Å². The molecule has 0 amide bonds. The van der Waals surface area contributed by atoms with Crippen LogP contribution >= 0.6 is 0 Å². The first-order chi connectivity index (χ1) is 12.2. The van der Waals surface area contributed by atoms with Gasteiger partial charge in [-0.25, -0.2) is 0 Å². The number of carbonyl (C=O) groups is 1. The Labute approximate surface area is 146 Å². The Kier molecular flexibility index (Phi) is 4.39. The Morgan fingerprint density at radius 3 is 2.69 bits per heavy atom. The van der Waals surface area contributed by atoms with Crippen LogP contribution < -0.4 is 5.43 Å². The molecule has 0 saturated heterocycles. The van der Waals surface area contributed by atoms with Crippen molar-refractivity contribution in [2.75, 3.05) is 0 Å². The van der Waals surface area contributed by atoms with E-state index in [1.807, 2.05) is 0 Å². The van der Waals surface area contributed by atoms with Gasteiger partial charge in [0.15, 0.2) is 5.76 Å². The van der Waals surface area contributed by atoms with Gasteiger partial charge in [0.2, 0.25) is 5.43 Å². The molecule has 1 aliphatic rings. The van der Waals surface area contributed by atoms with Gasteiger partial charge in [-0.3, -0.25) is 9.59 Å². The average molecular weight is 362 g/mol. The summed E-state index contributed by atoms with van der Waals surface area (Å²) in [4.78, 5) is 23.9. The summed E-state index contributed by atoms with van der Waals surface area (Å²) in [7, 11) is 0. The van der Waals surface area contributed by atoms with Crippen molar-refractivity contribution < 1.29 is 28.2 Å². The largest absolute Gasteiger partial charge is 0.508 e. The van der Waals surface area contributed by atoms with E-state index in [4.69, 9.17) is 9.52 Å². The number of phenolic OH excluding ortho intramolecular Hbond substituents is 1. The van der Waals surface area contributed by atoms with Crippen LogP contribution in [0.3, 0.4) is 0 Å². The molecule has 2 N–H and O–H groups in total. The molecule has 136 valence electrons. The van der Waals surface area contributed by atoms with Crippen molar-refractivity contribution in [3.63, 3.8) is 0 Å². The molecular weight excluding hydrogens is 346 g/mol. The van der Waals surface area contributed by atoms with Crippen LogP contribution in [0.15, 0.2) is 45.6 Å². The van der Waals surface area contributed by atoms with Crippen LogP contribution in [0.25, 0.3) is 16.5 Å². The highest BCUT2D eigenvalue weighted by atomic mass is 19.3. The molecule has 0 radical (unpaired) electrons. The summed E-state index contributed by atoms with van der Waals surface area (Å²) < 4.78 is 34.3. The Morgan fingerprint density at radius 2 is 2.12 bits per heavy atom. The highest BCUT2D eigenvalue weighted by Crippen LogP contribution is 2.38. The van der Waals surface area contributed by atoms with Crippen molar-refractivity contribution >= 4 is 22.5 Å². The van der Waals surface area contributed by atoms with Crippen LogP contribution in [0, 0.1) is 5.92 Å². The van der Waals surface area contributed by atoms with Crippen molar-refractivity contribution in [1.29, 1.82) is 0 Å². The number of benzene rings is 1. The Morgan fingerprint density at radius 1 is 1.38 bits per heavy atom. The number of aromatic hydroxyl groups is 1. The quantitative estimate of drug-likeness (QED) is 0.857. The second kappa shape index (κ2) is 6.40. The number of carboxylic acids is 1. The molecule has 5 nitrogen and oxygen atoms in total. The van der Waals surface area contributed by atoms with Crippen LogP contribution in [0.4, 0.5) is 8.78 Å². The Balaban J connectivity index is 2.27. The second-order valence-corrected chi connectivity index (χ2v) is 6.07. The third-order valence-corrected chi connectivity index (χ3v) is 4.36. The van der Waals surface area contributed by atoms with E-state index < -0.39 is 35.4 Å². The summed E-state index contributed by atoms with van der Waals surface area (Å²) in [6, 6.07) is 3.69. The fourth-order valence-corrected chi connectivity index (χ4v) is 2.85. The van der Waals surface area contributed by atoms with Crippen molar-refractivity contribution in [1.82, 2.24) is 0 Å². The van der Waals surface area contributed by atoms with E-state index in [2.05, 4.69) is 0 Å². The number of hydrogen-bond acceptors (Lipinski definition) is 4. The zero-order valence-corrected chi connectivity index (χ0v) is 13.8. The maximum Gasteiger partial charge on any atom is 0.310 e. The summed E-state index contributed by atoms with van der Waals surface area (Å²) in [5.41, 5.74) is -0.866. The minimum absolute atomic E-state index is 0.0584.